The molecule has 2 heterocycles. The Balaban J connectivity index is 1.57. The molecule has 8 heteroatoms. The lowest BCUT2D eigenvalue weighted by Gasteiger charge is -2.04. The average molecular weight is 402 g/mol. The van der Waals surface area contributed by atoms with Crippen LogP contribution in [0, 0.1) is 6.92 Å². The maximum Gasteiger partial charge on any atom is 0.279 e. The van der Waals surface area contributed by atoms with Gasteiger partial charge >= 0.3 is 0 Å². The lowest BCUT2D eigenvalue weighted by molar-refractivity contribution is 0.415. The van der Waals surface area contributed by atoms with Crippen LogP contribution in [0.25, 0.3) is 22.2 Å². The SMILES string of the molecule is CCn1c(C)c(/C=N/Nc2nnc(-c3ccc(OC)cc3)c(=O)[nH]2)c2ccccc21. The highest BCUT2D eigenvalue weighted by atomic mass is 16.5. The number of aromatic nitrogens is 4. The molecule has 0 saturated carbocycles. The molecule has 30 heavy (non-hydrogen) atoms. The fourth-order valence-electron chi connectivity index (χ4n) is 3.51. The van der Waals surface area contributed by atoms with Gasteiger partial charge in [0.05, 0.1) is 13.3 Å². The van der Waals surface area contributed by atoms with Crippen molar-refractivity contribution < 1.29 is 4.74 Å². The third-order valence-corrected chi connectivity index (χ3v) is 5.02. The second kappa shape index (κ2) is 8.20. The summed E-state index contributed by atoms with van der Waals surface area (Å²) < 4.78 is 7.37. The highest BCUT2D eigenvalue weighted by molar-refractivity contribution is 6.01. The van der Waals surface area contributed by atoms with Crippen molar-refractivity contribution in [3.8, 4) is 17.0 Å². The number of methoxy groups -OCH3 is 1. The Hall–Kier alpha value is -3.94. The minimum Gasteiger partial charge on any atom is -0.497 e. The fourth-order valence-corrected chi connectivity index (χ4v) is 3.51. The van der Waals surface area contributed by atoms with E-state index in [1.807, 2.05) is 12.1 Å². The Labute approximate surface area is 173 Å². The van der Waals surface area contributed by atoms with Crippen molar-refractivity contribution >= 4 is 23.1 Å². The van der Waals surface area contributed by atoms with Gasteiger partial charge < -0.3 is 9.30 Å². The van der Waals surface area contributed by atoms with Crippen molar-refractivity contribution in [3.63, 3.8) is 0 Å². The second-order valence-electron chi connectivity index (χ2n) is 6.71. The van der Waals surface area contributed by atoms with Gasteiger partial charge in [-0.3, -0.25) is 9.78 Å². The summed E-state index contributed by atoms with van der Waals surface area (Å²) in [5.74, 6) is 0.876. The third kappa shape index (κ3) is 3.55. The monoisotopic (exact) mass is 402 g/mol. The van der Waals surface area contributed by atoms with Gasteiger partial charge in [-0.05, 0) is 44.2 Å². The molecule has 0 unspecified atom stereocenters. The molecule has 0 aliphatic heterocycles. The van der Waals surface area contributed by atoms with Crippen molar-refractivity contribution in [1.29, 1.82) is 0 Å². The highest BCUT2D eigenvalue weighted by Crippen LogP contribution is 2.24. The number of H-pyrrole nitrogens is 1. The van der Waals surface area contributed by atoms with Crippen LogP contribution in [-0.4, -0.2) is 33.1 Å². The molecule has 8 nitrogen and oxygen atoms in total. The summed E-state index contributed by atoms with van der Waals surface area (Å²) in [6.07, 6.45) is 1.74. The van der Waals surface area contributed by atoms with E-state index in [1.54, 1.807) is 37.6 Å². The van der Waals surface area contributed by atoms with Crippen molar-refractivity contribution in [2.24, 2.45) is 5.10 Å². The largest absolute Gasteiger partial charge is 0.497 e. The van der Waals surface area contributed by atoms with Crippen LogP contribution < -0.4 is 15.7 Å². The molecule has 0 aliphatic carbocycles. The number of hydrogen-bond donors (Lipinski definition) is 2. The first-order chi connectivity index (χ1) is 14.6. The van der Waals surface area contributed by atoms with E-state index in [9.17, 15) is 4.79 Å². The molecule has 0 aliphatic rings. The molecule has 0 radical (unpaired) electrons. The third-order valence-electron chi connectivity index (χ3n) is 5.02. The first kappa shape index (κ1) is 19.4. The molecular formula is C22H22N6O2. The Morgan fingerprint density at radius 1 is 1.17 bits per heavy atom. The molecule has 0 spiro atoms. The number of hydrazone groups is 1. The quantitative estimate of drug-likeness (QED) is 0.380. The minimum absolute atomic E-state index is 0.172. The number of para-hydroxylation sites is 1. The van der Waals surface area contributed by atoms with Crippen LogP contribution >= 0.6 is 0 Å². The predicted octanol–water partition coefficient (Wildman–Crippen LogP) is 3.57. The number of nitrogens with one attached hydrogen (secondary N) is 2. The number of nitrogens with zero attached hydrogens (tertiary/aromatic N) is 4. The highest BCUT2D eigenvalue weighted by Gasteiger charge is 2.11. The van der Waals surface area contributed by atoms with E-state index in [-0.39, 0.29) is 17.2 Å². The molecule has 0 bridgehead atoms. The van der Waals surface area contributed by atoms with Gasteiger partial charge in [0.2, 0.25) is 5.95 Å². The standard InChI is InChI=1S/C22H22N6O2/c1-4-28-14(2)18(17-7-5-6-8-19(17)28)13-23-26-22-24-21(29)20(25-27-22)15-9-11-16(30-3)12-10-15/h5-13H,4H2,1-3H3,(H2,24,26,27,29)/b23-13+. The molecule has 0 fully saturated rings. The lowest BCUT2D eigenvalue weighted by atomic mass is 10.1. The molecule has 4 rings (SSSR count). The summed E-state index contributed by atoms with van der Waals surface area (Å²) in [6.45, 7) is 5.05. The Bertz CT molecular complexity index is 1270. The Morgan fingerprint density at radius 3 is 2.63 bits per heavy atom. The van der Waals surface area contributed by atoms with Gasteiger partial charge in [-0.2, -0.15) is 5.10 Å². The molecule has 0 saturated heterocycles. The number of aromatic amines is 1. The van der Waals surface area contributed by atoms with E-state index in [4.69, 9.17) is 4.74 Å². The molecule has 0 amide bonds. The second-order valence-corrected chi connectivity index (χ2v) is 6.71. The average Bonchev–Trinajstić information content (AvgIpc) is 3.05. The van der Waals surface area contributed by atoms with E-state index < -0.39 is 0 Å². The van der Waals surface area contributed by atoms with Gasteiger partial charge in [0, 0.05) is 34.3 Å². The maximum atomic E-state index is 12.4. The number of hydrogen-bond acceptors (Lipinski definition) is 6. The summed E-state index contributed by atoms with van der Waals surface area (Å²) in [5, 5.41) is 13.4. The molecule has 2 aromatic heterocycles. The minimum atomic E-state index is -0.355. The van der Waals surface area contributed by atoms with Crippen molar-refractivity contribution in [3.05, 3.63) is 70.1 Å². The van der Waals surface area contributed by atoms with E-state index in [0.29, 0.717) is 11.3 Å². The van der Waals surface area contributed by atoms with E-state index in [0.717, 1.165) is 28.7 Å². The van der Waals surface area contributed by atoms with Gasteiger partial charge in [-0.25, -0.2) is 5.43 Å². The summed E-state index contributed by atoms with van der Waals surface area (Å²) in [4.78, 5) is 15.1. The summed E-state index contributed by atoms with van der Waals surface area (Å²) >= 11 is 0. The molecular weight excluding hydrogens is 380 g/mol. The fraction of sp³-hybridized carbons (Fsp3) is 0.182. The van der Waals surface area contributed by atoms with Crippen LogP contribution in [0.2, 0.25) is 0 Å². The topological polar surface area (TPSA) is 97.2 Å². The zero-order valence-corrected chi connectivity index (χ0v) is 17.0. The van der Waals surface area contributed by atoms with Crippen LogP contribution in [0.15, 0.2) is 58.4 Å². The van der Waals surface area contributed by atoms with Gasteiger partial charge in [0.25, 0.3) is 5.56 Å². The van der Waals surface area contributed by atoms with Gasteiger partial charge in [-0.15, -0.1) is 10.2 Å². The van der Waals surface area contributed by atoms with Crippen molar-refractivity contribution in [2.75, 3.05) is 12.5 Å². The summed E-state index contributed by atoms with van der Waals surface area (Å²) in [5.41, 5.74) is 6.60. The van der Waals surface area contributed by atoms with Crippen molar-refractivity contribution in [1.82, 2.24) is 19.7 Å². The summed E-state index contributed by atoms with van der Waals surface area (Å²) in [6, 6.07) is 15.2. The normalized spacial score (nSPS) is 11.3. The maximum absolute atomic E-state index is 12.4. The van der Waals surface area contributed by atoms with Gasteiger partial charge in [0.1, 0.15) is 5.75 Å². The van der Waals surface area contributed by atoms with Crippen LogP contribution in [0.3, 0.4) is 0 Å². The predicted molar refractivity (Wildman–Crippen MR) is 118 cm³/mol. The number of aryl methyl sites for hydroxylation is 1. The number of benzene rings is 2. The zero-order chi connectivity index (χ0) is 21.1. The van der Waals surface area contributed by atoms with Gasteiger partial charge in [0.15, 0.2) is 5.69 Å². The number of fused-ring (bicyclic) bond motifs is 1. The molecule has 4 aromatic rings. The Morgan fingerprint density at radius 2 is 1.93 bits per heavy atom. The number of rotatable bonds is 6. The van der Waals surface area contributed by atoms with E-state index >= 15 is 0 Å². The first-order valence-corrected chi connectivity index (χ1v) is 9.60. The van der Waals surface area contributed by atoms with Crippen molar-refractivity contribution in [2.45, 2.75) is 20.4 Å². The lowest BCUT2D eigenvalue weighted by Crippen LogP contribution is -2.15. The molecule has 0 atom stereocenters. The van der Waals surface area contributed by atoms with Crippen LogP contribution in [0.5, 0.6) is 5.75 Å². The van der Waals surface area contributed by atoms with Crippen LogP contribution in [0.4, 0.5) is 5.95 Å². The first-order valence-electron chi connectivity index (χ1n) is 9.60. The molecule has 2 N–H and O–H groups in total. The number of anilines is 1. The smallest absolute Gasteiger partial charge is 0.279 e. The zero-order valence-electron chi connectivity index (χ0n) is 17.0. The molecule has 152 valence electrons. The van der Waals surface area contributed by atoms with E-state index in [2.05, 4.69) is 56.3 Å². The van der Waals surface area contributed by atoms with Crippen LogP contribution in [-0.2, 0) is 6.54 Å². The number of ether oxygens (including phenoxy) is 1. The van der Waals surface area contributed by atoms with Crippen LogP contribution in [0.1, 0.15) is 18.2 Å². The Kier molecular flexibility index (Phi) is 5.30. The summed E-state index contributed by atoms with van der Waals surface area (Å²) in [7, 11) is 1.59. The van der Waals surface area contributed by atoms with Gasteiger partial charge in [-0.1, -0.05) is 18.2 Å². The van der Waals surface area contributed by atoms with E-state index in [1.165, 1.54) is 0 Å². The molecule has 2 aromatic carbocycles.